The summed E-state index contributed by atoms with van der Waals surface area (Å²) in [7, 11) is -1.70. The SMILES string of the molecule is COC(=O)c1cc(NS(=O)(=O)c2ccc3c(c2)CC(C)N3C(C)=O)cc(C(=O)OC)c1. The molecule has 2 aromatic carbocycles. The number of nitrogens with one attached hydrogen (secondary N) is 1. The smallest absolute Gasteiger partial charge is 0.337 e. The zero-order chi connectivity index (χ0) is 22.9. The molecule has 1 aliphatic heterocycles. The van der Waals surface area contributed by atoms with Crippen LogP contribution in [0.3, 0.4) is 0 Å². The third-order valence-electron chi connectivity index (χ3n) is 4.94. The quantitative estimate of drug-likeness (QED) is 0.700. The van der Waals surface area contributed by atoms with E-state index in [1.807, 2.05) is 6.92 Å². The predicted octanol–water partition coefficient (Wildman–Crippen LogP) is 2.36. The molecule has 2 aromatic rings. The van der Waals surface area contributed by atoms with E-state index in [9.17, 15) is 22.8 Å². The number of methoxy groups -OCH3 is 2. The molecule has 0 spiro atoms. The number of carbonyl (C=O) groups excluding carboxylic acids is 3. The van der Waals surface area contributed by atoms with E-state index in [2.05, 4.69) is 14.2 Å². The Morgan fingerprint density at radius 2 is 1.58 bits per heavy atom. The van der Waals surface area contributed by atoms with E-state index in [4.69, 9.17) is 0 Å². The van der Waals surface area contributed by atoms with Crippen molar-refractivity contribution in [3.8, 4) is 0 Å². The molecule has 1 heterocycles. The highest BCUT2D eigenvalue weighted by molar-refractivity contribution is 7.92. The molecule has 1 N–H and O–H groups in total. The van der Waals surface area contributed by atoms with Gasteiger partial charge in [-0.15, -0.1) is 0 Å². The topological polar surface area (TPSA) is 119 Å². The molecule has 9 nitrogen and oxygen atoms in total. The number of esters is 2. The van der Waals surface area contributed by atoms with Crippen LogP contribution < -0.4 is 9.62 Å². The molecule has 3 rings (SSSR count). The normalized spacial score (nSPS) is 15.2. The molecule has 0 radical (unpaired) electrons. The number of amides is 1. The molecule has 1 atom stereocenters. The standard InChI is InChI=1S/C21H22N2O7S/c1-12-7-14-11-18(5-6-19(14)23(12)13(2)24)31(27,28)22-17-9-15(20(25)29-3)8-16(10-17)21(26)30-4/h5-6,8-12,22H,7H2,1-4H3. The molecule has 0 fully saturated rings. The number of rotatable bonds is 5. The maximum Gasteiger partial charge on any atom is 0.337 e. The number of anilines is 2. The van der Waals surface area contributed by atoms with Gasteiger partial charge in [0.25, 0.3) is 10.0 Å². The summed E-state index contributed by atoms with van der Waals surface area (Å²) in [6.45, 7) is 3.35. The second-order valence-electron chi connectivity index (χ2n) is 7.12. The summed E-state index contributed by atoms with van der Waals surface area (Å²) in [4.78, 5) is 37.4. The number of sulfonamides is 1. The maximum atomic E-state index is 13.0. The molecule has 0 saturated heterocycles. The van der Waals surface area contributed by atoms with E-state index in [0.29, 0.717) is 12.1 Å². The number of fused-ring (bicyclic) bond motifs is 1. The van der Waals surface area contributed by atoms with Crippen LogP contribution in [0.15, 0.2) is 41.3 Å². The molecule has 164 valence electrons. The van der Waals surface area contributed by atoms with Crippen LogP contribution in [0.1, 0.15) is 40.1 Å². The minimum atomic E-state index is -4.05. The lowest BCUT2D eigenvalue weighted by atomic mass is 10.1. The van der Waals surface area contributed by atoms with Gasteiger partial charge in [0.2, 0.25) is 5.91 Å². The predicted molar refractivity (Wildman–Crippen MR) is 113 cm³/mol. The van der Waals surface area contributed by atoms with Crippen molar-refractivity contribution in [2.24, 2.45) is 0 Å². The average Bonchev–Trinajstić information content (AvgIpc) is 3.06. The van der Waals surface area contributed by atoms with Crippen molar-refractivity contribution in [1.82, 2.24) is 0 Å². The average molecular weight is 446 g/mol. The van der Waals surface area contributed by atoms with Crippen molar-refractivity contribution in [3.05, 3.63) is 53.1 Å². The molecule has 1 amide bonds. The summed E-state index contributed by atoms with van der Waals surface area (Å²) >= 11 is 0. The summed E-state index contributed by atoms with van der Waals surface area (Å²) in [5.41, 5.74) is 1.40. The zero-order valence-electron chi connectivity index (χ0n) is 17.5. The fraction of sp³-hybridized carbons (Fsp3) is 0.286. The molecule has 0 aliphatic carbocycles. The maximum absolute atomic E-state index is 13.0. The highest BCUT2D eigenvalue weighted by Crippen LogP contribution is 2.34. The Hall–Kier alpha value is -3.40. The molecule has 1 aliphatic rings. The van der Waals surface area contributed by atoms with Gasteiger partial charge in [-0.1, -0.05) is 0 Å². The third-order valence-corrected chi connectivity index (χ3v) is 6.32. The highest BCUT2D eigenvalue weighted by atomic mass is 32.2. The summed E-state index contributed by atoms with van der Waals surface area (Å²) in [5.74, 6) is -1.58. The minimum absolute atomic E-state index is 0.00234. The van der Waals surface area contributed by atoms with Crippen LogP contribution in [-0.4, -0.2) is 46.5 Å². The van der Waals surface area contributed by atoms with Gasteiger partial charge in [0.1, 0.15) is 0 Å². The molecule has 0 saturated carbocycles. The first-order chi connectivity index (χ1) is 14.6. The second kappa shape index (κ2) is 8.38. The Balaban J connectivity index is 1.98. The van der Waals surface area contributed by atoms with Crippen LogP contribution in [0.5, 0.6) is 0 Å². The first-order valence-electron chi connectivity index (χ1n) is 9.34. The van der Waals surface area contributed by atoms with Gasteiger partial charge in [-0.2, -0.15) is 0 Å². The lowest BCUT2D eigenvalue weighted by Gasteiger charge is -2.20. The third kappa shape index (κ3) is 4.38. The first kappa shape index (κ1) is 22.3. The summed E-state index contributed by atoms with van der Waals surface area (Å²) in [6, 6.07) is 8.23. The van der Waals surface area contributed by atoms with E-state index in [-0.39, 0.29) is 33.7 Å². The highest BCUT2D eigenvalue weighted by Gasteiger charge is 2.30. The lowest BCUT2D eigenvalue weighted by molar-refractivity contribution is -0.116. The van der Waals surface area contributed by atoms with Gasteiger partial charge in [-0.3, -0.25) is 9.52 Å². The zero-order valence-corrected chi connectivity index (χ0v) is 18.3. The van der Waals surface area contributed by atoms with Crippen LogP contribution in [0.2, 0.25) is 0 Å². The van der Waals surface area contributed by atoms with Crippen molar-refractivity contribution < 1.29 is 32.3 Å². The molecular formula is C21H22N2O7S. The first-order valence-corrected chi connectivity index (χ1v) is 10.8. The largest absolute Gasteiger partial charge is 0.465 e. The van der Waals surface area contributed by atoms with Crippen molar-refractivity contribution in [1.29, 1.82) is 0 Å². The van der Waals surface area contributed by atoms with Gasteiger partial charge in [-0.25, -0.2) is 18.0 Å². The number of hydrogen-bond acceptors (Lipinski definition) is 7. The molecule has 0 bridgehead atoms. The monoisotopic (exact) mass is 446 g/mol. The number of carbonyl (C=O) groups is 3. The van der Waals surface area contributed by atoms with Gasteiger partial charge < -0.3 is 14.4 Å². The fourth-order valence-corrected chi connectivity index (χ4v) is 4.72. The van der Waals surface area contributed by atoms with Gasteiger partial charge in [0.15, 0.2) is 0 Å². The van der Waals surface area contributed by atoms with Gasteiger partial charge in [0.05, 0.1) is 35.9 Å². The molecule has 1 unspecified atom stereocenters. The molecule has 0 aromatic heterocycles. The van der Waals surface area contributed by atoms with Crippen LogP contribution in [0.25, 0.3) is 0 Å². The van der Waals surface area contributed by atoms with Crippen LogP contribution >= 0.6 is 0 Å². The Kier molecular flexibility index (Phi) is 6.03. The second-order valence-corrected chi connectivity index (χ2v) is 8.80. The van der Waals surface area contributed by atoms with Gasteiger partial charge in [0, 0.05) is 18.7 Å². The van der Waals surface area contributed by atoms with Crippen molar-refractivity contribution in [2.75, 3.05) is 23.8 Å². The Bertz CT molecular complexity index is 1140. The number of hydrogen-bond donors (Lipinski definition) is 1. The minimum Gasteiger partial charge on any atom is -0.465 e. The molecule has 31 heavy (non-hydrogen) atoms. The number of benzene rings is 2. The number of ether oxygens (including phenoxy) is 2. The van der Waals surface area contributed by atoms with Crippen molar-refractivity contribution in [2.45, 2.75) is 31.2 Å². The summed E-state index contributed by atoms with van der Waals surface area (Å²) < 4.78 is 37.7. The Labute approximate surface area is 180 Å². The van der Waals surface area contributed by atoms with Crippen LogP contribution in [0, 0.1) is 0 Å². The van der Waals surface area contributed by atoms with Crippen LogP contribution in [-0.2, 0) is 30.7 Å². The van der Waals surface area contributed by atoms with Crippen LogP contribution in [0.4, 0.5) is 11.4 Å². The van der Waals surface area contributed by atoms with E-state index in [1.165, 1.54) is 51.5 Å². The molecular weight excluding hydrogens is 424 g/mol. The van der Waals surface area contributed by atoms with Crippen molar-refractivity contribution >= 4 is 39.2 Å². The van der Waals surface area contributed by atoms with Gasteiger partial charge >= 0.3 is 11.9 Å². The van der Waals surface area contributed by atoms with E-state index in [1.54, 1.807) is 11.0 Å². The molecule has 10 heteroatoms. The van der Waals surface area contributed by atoms with E-state index < -0.39 is 22.0 Å². The van der Waals surface area contributed by atoms with Crippen molar-refractivity contribution in [3.63, 3.8) is 0 Å². The summed E-state index contributed by atoms with van der Waals surface area (Å²) in [6.07, 6.45) is 0.530. The fourth-order valence-electron chi connectivity index (χ4n) is 3.63. The Morgan fingerprint density at radius 1 is 1.00 bits per heavy atom. The number of nitrogens with zero attached hydrogens (tertiary/aromatic N) is 1. The summed E-state index contributed by atoms with van der Waals surface area (Å²) in [5, 5.41) is 0. The van der Waals surface area contributed by atoms with Gasteiger partial charge in [-0.05, 0) is 55.3 Å². The van der Waals surface area contributed by atoms with E-state index in [0.717, 1.165) is 5.56 Å². The van der Waals surface area contributed by atoms with E-state index >= 15 is 0 Å². The Morgan fingerprint density at radius 3 is 2.10 bits per heavy atom. The lowest BCUT2D eigenvalue weighted by Crippen LogP contribution is -2.33.